The third-order valence-corrected chi connectivity index (χ3v) is 1.52. The minimum atomic E-state index is 0.729. The monoisotopic (exact) mass is 139 g/mol. The first-order chi connectivity index (χ1) is 4.83. The van der Waals surface area contributed by atoms with Gasteiger partial charge in [-0.3, -0.25) is 0 Å². The lowest BCUT2D eigenvalue weighted by atomic mass is 10.1. The number of nitrogens with two attached hydrogens (primary N) is 2. The highest BCUT2D eigenvalue weighted by Gasteiger charge is 2.04. The van der Waals surface area contributed by atoms with Crippen molar-refractivity contribution in [2.24, 2.45) is 16.5 Å². The van der Waals surface area contributed by atoms with Gasteiger partial charge < -0.3 is 11.5 Å². The zero-order valence-electron chi connectivity index (χ0n) is 6.01. The summed E-state index contributed by atoms with van der Waals surface area (Å²) in [6, 6.07) is 0. The van der Waals surface area contributed by atoms with Crippen molar-refractivity contribution >= 4 is 5.84 Å². The zero-order valence-corrected chi connectivity index (χ0v) is 6.01. The summed E-state index contributed by atoms with van der Waals surface area (Å²) in [4.78, 5) is 3.96. The van der Waals surface area contributed by atoms with Crippen molar-refractivity contribution < 1.29 is 0 Å². The van der Waals surface area contributed by atoms with Crippen molar-refractivity contribution in [2.75, 3.05) is 6.54 Å². The lowest BCUT2D eigenvalue weighted by Gasteiger charge is -1.97. The molecule has 0 aromatic heterocycles. The van der Waals surface area contributed by atoms with E-state index in [9.17, 15) is 0 Å². The molecule has 10 heavy (non-hydrogen) atoms. The summed E-state index contributed by atoms with van der Waals surface area (Å²) >= 11 is 0. The highest BCUT2D eigenvalue weighted by Crippen LogP contribution is 2.14. The van der Waals surface area contributed by atoms with Gasteiger partial charge in [0.2, 0.25) is 0 Å². The Morgan fingerprint density at radius 3 is 2.90 bits per heavy atom. The van der Waals surface area contributed by atoms with Crippen LogP contribution in [0.3, 0.4) is 0 Å². The molecule has 0 spiro atoms. The molecule has 56 valence electrons. The fraction of sp³-hybridized carbons (Fsp3) is 0.571. The molecular formula is C7H13N3. The SMILES string of the molecule is NCCCC1=CN=C(N)C1. The molecule has 1 aliphatic rings. The predicted molar refractivity (Wildman–Crippen MR) is 42.6 cm³/mol. The summed E-state index contributed by atoms with van der Waals surface area (Å²) in [6.07, 6.45) is 4.78. The van der Waals surface area contributed by atoms with E-state index in [0.29, 0.717) is 0 Å². The van der Waals surface area contributed by atoms with E-state index in [1.54, 1.807) is 0 Å². The maximum absolute atomic E-state index is 5.46. The van der Waals surface area contributed by atoms with E-state index < -0.39 is 0 Å². The molecule has 0 atom stereocenters. The van der Waals surface area contributed by atoms with Crippen LogP contribution in [0.4, 0.5) is 0 Å². The van der Waals surface area contributed by atoms with Gasteiger partial charge in [0.15, 0.2) is 0 Å². The molecule has 3 nitrogen and oxygen atoms in total. The van der Waals surface area contributed by atoms with Gasteiger partial charge >= 0.3 is 0 Å². The van der Waals surface area contributed by atoms with Crippen LogP contribution in [0.1, 0.15) is 19.3 Å². The summed E-state index contributed by atoms with van der Waals surface area (Å²) in [5.41, 5.74) is 12.1. The number of amidine groups is 1. The minimum Gasteiger partial charge on any atom is -0.387 e. The van der Waals surface area contributed by atoms with Gasteiger partial charge in [0.05, 0.1) is 0 Å². The van der Waals surface area contributed by atoms with Crippen LogP contribution in [0, 0.1) is 0 Å². The quantitative estimate of drug-likeness (QED) is 0.593. The Kier molecular flexibility index (Phi) is 2.45. The van der Waals surface area contributed by atoms with E-state index in [4.69, 9.17) is 11.5 Å². The first-order valence-electron chi connectivity index (χ1n) is 3.53. The second-order valence-electron chi connectivity index (χ2n) is 2.48. The van der Waals surface area contributed by atoms with Crippen molar-refractivity contribution in [2.45, 2.75) is 19.3 Å². The average molecular weight is 139 g/mol. The van der Waals surface area contributed by atoms with Crippen LogP contribution < -0.4 is 11.5 Å². The topological polar surface area (TPSA) is 64.4 Å². The Balaban J connectivity index is 2.22. The van der Waals surface area contributed by atoms with Gasteiger partial charge in [-0.2, -0.15) is 0 Å². The molecule has 0 bridgehead atoms. The van der Waals surface area contributed by atoms with Crippen LogP contribution in [-0.4, -0.2) is 12.4 Å². The average Bonchev–Trinajstić information content (AvgIpc) is 2.31. The summed E-state index contributed by atoms with van der Waals surface area (Å²) < 4.78 is 0. The van der Waals surface area contributed by atoms with Crippen molar-refractivity contribution in [3.8, 4) is 0 Å². The summed E-state index contributed by atoms with van der Waals surface area (Å²) in [6.45, 7) is 0.747. The second-order valence-corrected chi connectivity index (χ2v) is 2.48. The van der Waals surface area contributed by atoms with Crippen LogP contribution in [0.5, 0.6) is 0 Å². The normalized spacial score (nSPS) is 16.9. The van der Waals surface area contributed by atoms with Gasteiger partial charge in [-0.05, 0) is 25.0 Å². The first kappa shape index (κ1) is 7.28. The molecule has 0 radical (unpaired) electrons. The molecule has 1 aliphatic heterocycles. The maximum atomic E-state index is 5.46. The van der Waals surface area contributed by atoms with Crippen LogP contribution in [-0.2, 0) is 0 Å². The number of nitrogens with zero attached hydrogens (tertiary/aromatic N) is 1. The van der Waals surface area contributed by atoms with E-state index in [1.807, 2.05) is 6.20 Å². The van der Waals surface area contributed by atoms with Gasteiger partial charge in [-0.1, -0.05) is 0 Å². The van der Waals surface area contributed by atoms with Crippen molar-refractivity contribution in [1.82, 2.24) is 0 Å². The molecule has 0 aliphatic carbocycles. The third kappa shape index (κ3) is 1.84. The fourth-order valence-corrected chi connectivity index (χ4v) is 0.980. The molecule has 0 amide bonds. The van der Waals surface area contributed by atoms with Gasteiger partial charge in [0.25, 0.3) is 0 Å². The van der Waals surface area contributed by atoms with Crippen molar-refractivity contribution in [3.05, 3.63) is 11.8 Å². The highest BCUT2D eigenvalue weighted by molar-refractivity contribution is 5.85. The van der Waals surface area contributed by atoms with Crippen LogP contribution in [0.15, 0.2) is 16.8 Å². The Morgan fingerprint density at radius 2 is 2.40 bits per heavy atom. The van der Waals surface area contributed by atoms with Crippen LogP contribution in [0.25, 0.3) is 0 Å². The molecule has 0 fully saturated rings. The molecule has 0 saturated heterocycles. The Bertz CT molecular complexity index is 170. The molecule has 0 saturated carbocycles. The van der Waals surface area contributed by atoms with E-state index >= 15 is 0 Å². The van der Waals surface area contributed by atoms with Gasteiger partial charge in [0.1, 0.15) is 5.84 Å². The number of hydrogen-bond donors (Lipinski definition) is 2. The number of hydrogen-bond acceptors (Lipinski definition) is 3. The van der Waals surface area contributed by atoms with E-state index in [1.165, 1.54) is 5.57 Å². The molecule has 1 rings (SSSR count). The highest BCUT2D eigenvalue weighted by atomic mass is 14.9. The summed E-state index contributed by atoms with van der Waals surface area (Å²) in [5, 5.41) is 0. The minimum absolute atomic E-state index is 0.729. The Labute approximate surface area is 60.8 Å². The zero-order chi connectivity index (χ0) is 7.40. The maximum Gasteiger partial charge on any atom is 0.103 e. The molecule has 1 heterocycles. The van der Waals surface area contributed by atoms with E-state index in [0.717, 1.165) is 31.6 Å². The Morgan fingerprint density at radius 1 is 1.60 bits per heavy atom. The molecule has 4 N–H and O–H groups in total. The standard InChI is InChI=1S/C7H13N3/c8-3-1-2-6-4-7(9)10-5-6/h5H,1-4,8H2,(H2,9,10). The van der Waals surface area contributed by atoms with E-state index in [2.05, 4.69) is 4.99 Å². The van der Waals surface area contributed by atoms with Crippen LogP contribution in [0.2, 0.25) is 0 Å². The largest absolute Gasteiger partial charge is 0.387 e. The molecule has 0 aromatic rings. The fourth-order valence-electron chi connectivity index (χ4n) is 0.980. The van der Waals surface area contributed by atoms with Gasteiger partial charge in [-0.15, -0.1) is 0 Å². The summed E-state index contributed by atoms with van der Waals surface area (Å²) in [7, 11) is 0. The molecule has 3 heteroatoms. The van der Waals surface area contributed by atoms with Crippen molar-refractivity contribution in [3.63, 3.8) is 0 Å². The van der Waals surface area contributed by atoms with Crippen molar-refractivity contribution in [1.29, 1.82) is 0 Å². The number of aliphatic imine (C=N–C) groups is 1. The van der Waals surface area contributed by atoms with E-state index in [-0.39, 0.29) is 0 Å². The molecule has 0 unspecified atom stereocenters. The second kappa shape index (κ2) is 3.37. The Hall–Kier alpha value is -0.830. The molecular weight excluding hydrogens is 126 g/mol. The third-order valence-electron chi connectivity index (χ3n) is 1.52. The first-order valence-corrected chi connectivity index (χ1v) is 3.53. The van der Waals surface area contributed by atoms with Gasteiger partial charge in [0, 0.05) is 12.6 Å². The van der Waals surface area contributed by atoms with Gasteiger partial charge in [-0.25, -0.2) is 4.99 Å². The lowest BCUT2D eigenvalue weighted by molar-refractivity contribution is 0.816. The molecule has 0 aromatic carbocycles. The summed E-state index contributed by atoms with van der Waals surface area (Å²) in [5.74, 6) is 0.729. The van der Waals surface area contributed by atoms with Crippen LogP contribution >= 0.6 is 0 Å². The lowest BCUT2D eigenvalue weighted by Crippen LogP contribution is -2.08. The predicted octanol–water partition coefficient (Wildman–Crippen LogP) is 0.370. The smallest absolute Gasteiger partial charge is 0.103 e. The number of rotatable bonds is 3.